The molecule has 5 nitrogen and oxygen atoms in total. The van der Waals surface area contributed by atoms with E-state index in [0.717, 1.165) is 22.7 Å². The van der Waals surface area contributed by atoms with Gasteiger partial charge in [0.1, 0.15) is 5.75 Å². The lowest BCUT2D eigenvalue weighted by Crippen LogP contribution is -2.19. The van der Waals surface area contributed by atoms with Gasteiger partial charge in [-0.2, -0.15) is 0 Å². The number of carbonyl (C=O) groups is 1. The van der Waals surface area contributed by atoms with Crippen LogP contribution in [-0.2, 0) is 9.84 Å². The summed E-state index contributed by atoms with van der Waals surface area (Å²) in [5.74, 6) is 0.236. The van der Waals surface area contributed by atoms with E-state index >= 15 is 0 Å². The molecule has 0 saturated carbocycles. The molecule has 146 valence electrons. The Hall–Kier alpha value is -3.38. The highest BCUT2D eigenvalue weighted by atomic mass is 32.2. The van der Waals surface area contributed by atoms with Crippen LogP contribution in [0.2, 0.25) is 0 Å². The highest BCUT2D eigenvalue weighted by molar-refractivity contribution is 7.90. The third-order valence-corrected chi connectivity index (χ3v) is 5.83. The van der Waals surface area contributed by atoms with Gasteiger partial charge in [0.15, 0.2) is 15.9 Å². The molecular formula is C23H19NO4S. The Labute approximate surface area is 168 Å². The average Bonchev–Trinajstić information content (AvgIpc) is 3.16. The lowest BCUT2D eigenvalue weighted by molar-refractivity contribution is 0.0794. The van der Waals surface area contributed by atoms with Crippen molar-refractivity contribution in [1.29, 1.82) is 0 Å². The molecule has 1 N–H and O–H groups in total. The van der Waals surface area contributed by atoms with E-state index in [-0.39, 0.29) is 10.7 Å². The molecule has 0 bridgehead atoms. The first-order valence-electron chi connectivity index (χ1n) is 9.05. The summed E-state index contributed by atoms with van der Waals surface area (Å²) in [6.45, 7) is 0. The fourth-order valence-electron chi connectivity index (χ4n) is 3.22. The fraction of sp³-hybridized carbons (Fsp3) is 0.0870. The third kappa shape index (κ3) is 3.93. The van der Waals surface area contributed by atoms with Crippen LogP contribution in [-0.4, -0.2) is 25.4 Å². The van der Waals surface area contributed by atoms with Gasteiger partial charge in [0.05, 0.1) is 4.90 Å². The molecule has 0 aliphatic rings. The number of ketones is 1. The molecule has 1 atom stereocenters. The first kappa shape index (κ1) is 19.0. The topological polar surface area (TPSA) is 76.2 Å². The second-order valence-corrected chi connectivity index (χ2v) is 8.78. The molecule has 0 aliphatic heterocycles. The summed E-state index contributed by atoms with van der Waals surface area (Å²) >= 11 is 0. The minimum Gasteiger partial charge on any atom is -0.478 e. The van der Waals surface area contributed by atoms with Gasteiger partial charge in [0.2, 0.25) is 5.78 Å². The van der Waals surface area contributed by atoms with Crippen LogP contribution in [0, 0.1) is 0 Å². The maximum atomic E-state index is 13.4. The zero-order chi connectivity index (χ0) is 20.4. The number of benzene rings is 3. The molecule has 0 amide bonds. The molecule has 0 unspecified atom stereocenters. The van der Waals surface area contributed by atoms with E-state index in [1.807, 2.05) is 54.6 Å². The minimum absolute atomic E-state index is 0.180. The van der Waals surface area contributed by atoms with Gasteiger partial charge in [0, 0.05) is 34.5 Å². The first-order valence-corrected chi connectivity index (χ1v) is 10.9. The van der Waals surface area contributed by atoms with Gasteiger partial charge >= 0.3 is 0 Å². The van der Waals surface area contributed by atoms with Gasteiger partial charge in [-0.05, 0) is 30.3 Å². The van der Waals surface area contributed by atoms with Gasteiger partial charge in [-0.3, -0.25) is 4.79 Å². The van der Waals surface area contributed by atoms with Crippen molar-refractivity contribution < 1.29 is 17.9 Å². The summed E-state index contributed by atoms with van der Waals surface area (Å²) < 4.78 is 29.4. The Kier molecular flexibility index (Phi) is 4.94. The molecule has 29 heavy (non-hydrogen) atoms. The Morgan fingerprint density at radius 3 is 2.24 bits per heavy atom. The Bertz CT molecular complexity index is 1260. The standard InChI is InChI=1S/C23H19NO4S/c1-29(26,27)18-13-11-17(12-14-18)28-23(16-7-3-2-4-8-16)22(25)20-15-24-21-10-6-5-9-19(20)21/h2-15,23-24H,1H3/t23-/m1/s1. The molecule has 0 aliphatic carbocycles. The largest absolute Gasteiger partial charge is 0.478 e. The minimum atomic E-state index is -3.30. The van der Waals surface area contributed by atoms with Crippen LogP contribution in [0.25, 0.3) is 10.9 Å². The zero-order valence-electron chi connectivity index (χ0n) is 15.7. The fourth-order valence-corrected chi connectivity index (χ4v) is 3.85. The number of aromatic nitrogens is 1. The van der Waals surface area contributed by atoms with E-state index in [1.165, 1.54) is 12.1 Å². The molecule has 1 heterocycles. The molecule has 0 fully saturated rings. The van der Waals surface area contributed by atoms with E-state index < -0.39 is 15.9 Å². The molecule has 6 heteroatoms. The van der Waals surface area contributed by atoms with Crippen molar-refractivity contribution in [3.63, 3.8) is 0 Å². The van der Waals surface area contributed by atoms with Crippen molar-refractivity contribution in [2.24, 2.45) is 0 Å². The van der Waals surface area contributed by atoms with Crippen LogP contribution in [0.4, 0.5) is 0 Å². The summed E-state index contributed by atoms with van der Waals surface area (Å²) in [4.78, 5) is 16.7. The van der Waals surface area contributed by atoms with Crippen molar-refractivity contribution in [1.82, 2.24) is 4.98 Å². The summed E-state index contributed by atoms with van der Waals surface area (Å²) in [6.07, 6.45) is 1.98. The molecule has 3 aromatic carbocycles. The Balaban J connectivity index is 1.72. The number of hydrogen-bond donors (Lipinski definition) is 1. The monoisotopic (exact) mass is 405 g/mol. The van der Waals surface area contributed by atoms with E-state index in [9.17, 15) is 13.2 Å². The van der Waals surface area contributed by atoms with E-state index in [0.29, 0.717) is 11.3 Å². The number of hydrogen-bond acceptors (Lipinski definition) is 4. The lowest BCUT2D eigenvalue weighted by atomic mass is 9.99. The number of fused-ring (bicyclic) bond motifs is 1. The van der Waals surface area contributed by atoms with Crippen LogP contribution in [0.1, 0.15) is 22.0 Å². The van der Waals surface area contributed by atoms with E-state index in [1.54, 1.807) is 18.3 Å². The lowest BCUT2D eigenvalue weighted by Gasteiger charge is -2.18. The van der Waals surface area contributed by atoms with Crippen molar-refractivity contribution in [2.75, 3.05) is 6.26 Å². The van der Waals surface area contributed by atoms with Gasteiger partial charge in [0.25, 0.3) is 0 Å². The molecule has 0 spiro atoms. The average molecular weight is 405 g/mol. The van der Waals surface area contributed by atoms with E-state index in [2.05, 4.69) is 4.98 Å². The van der Waals surface area contributed by atoms with Crippen LogP contribution >= 0.6 is 0 Å². The van der Waals surface area contributed by atoms with Gasteiger partial charge < -0.3 is 9.72 Å². The molecule has 1 aromatic heterocycles. The number of rotatable bonds is 6. The van der Waals surface area contributed by atoms with Crippen molar-refractivity contribution in [2.45, 2.75) is 11.0 Å². The van der Waals surface area contributed by atoms with Gasteiger partial charge in [-0.1, -0.05) is 48.5 Å². The number of aromatic amines is 1. The Morgan fingerprint density at radius 1 is 0.897 bits per heavy atom. The van der Waals surface area contributed by atoms with Gasteiger partial charge in [-0.15, -0.1) is 0 Å². The quantitative estimate of drug-likeness (QED) is 0.477. The molecule has 4 rings (SSSR count). The summed E-state index contributed by atoms with van der Waals surface area (Å²) in [6, 6.07) is 22.9. The number of para-hydroxylation sites is 1. The number of Topliss-reactive ketones (excluding diaryl/α,β-unsaturated/α-hetero) is 1. The normalized spacial score (nSPS) is 12.6. The SMILES string of the molecule is CS(=O)(=O)c1ccc(O[C@@H](C(=O)c2c[nH]c3ccccc23)c2ccccc2)cc1. The highest BCUT2D eigenvalue weighted by Crippen LogP contribution is 2.29. The highest BCUT2D eigenvalue weighted by Gasteiger charge is 2.26. The van der Waals surface area contributed by atoms with Crippen LogP contribution < -0.4 is 4.74 Å². The van der Waals surface area contributed by atoms with Crippen molar-refractivity contribution >= 4 is 26.5 Å². The predicted octanol–water partition coefficient (Wildman–Crippen LogP) is 4.57. The van der Waals surface area contributed by atoms with Crippen LogP contribution in [0.15, 0.2) is 90.0 Å². The smallest absolute Gasteiger partial charge is 0.210 e. The number of nitrogens with one attached hydrogen (secondary N) is 1. The molecule has 0 radical (unpaired) electrons. The number of H-pyrrole nitrogens is 1. The molecular weight excluding hydrogens is 386 g/mol. The summed E-state index contributed by atoms with van der Waals surface area (Å²) in [5, 5.41) is 0.828. The number of carbonyl (C=O) groups excluding carboxylic acids is 1. The maximum absolute atomic E-state index is 13.4. The number of sulfone groups is 1. The first-order chi connectivity index (χ1) is 13.9. The van der Waals surface area contributed by atoms with Gasteiger partial charge in [-0.25, -0.2) is 8.42 Å². The Morgan fingerprint density at radius 2 is 1.55 bits per heavy atom. The summed E-state index contributed by atoms with van der Waals surface area (Å²) in [7, 11) is -3.30. The predicted molar refractivity (Wildman–Crippen MR) is 112 cm³/mol. The molecule has 4 aromatic rings. The van der Waals surface area contributed by atoms with E-state index in [4.69, 9.17) is 4.74 Å². The maximum Gasteiger partial charge on any atom is 0.210 e. The van der Waals surface area contributed by atoms with Crippen LogP contribution in [0.3, 0.4) is 0 Å². The second-order valence-electron chi connectivity index (χ2n) is 6.76. The third-order valence-electron chi connectivity index (χ3n) is 4.70. The zero-order valence-corrected chi connectivity index (χ0v) is 16.5. The van der Waals surface area contributed by atoms with Crippen molar-refractivity contribution in [3.05, 3.63) is 96.2 Å². The summed E-state index contributed by atoms with van der Waals surface area (Å²) in [5.41, 5.74) is 2.14. The number of ether oxygens (including phenoxy) is 1. The van der Waals surface area contributed by atoms with Crippen LogP contribution in [0.5, 0.6) is 5.75 Å². The van der Waals surface area contributed by atoms with Crippen molar-refractivity contribution in [3.8, 4) is 5.75 Å². The second kappa shape index (κ2) is 7.56. The molecule has 0 saturated heterocycles.